The third-order valence-corrected chi connectivity index (χ3v) is 7.35. The minimum atomic E-state index is -3.24. The van der Waals surface area contributed by atoms with Crippen LogP contribution in [-0.4, -0.2) is 54.5 Å². The van der Waals surface area contributed by atoms with Crippen molar-refractivity contribution in [2.45, 2.75) is 49.9 Å². The first-order valence-electron chi connectivity index (χ1n) is 7.66. The van der Waals surface area contributed by atoms with Crippen molar-refractivity contribution in [3.8, 4) is 0 Å². The van der Waals surface area contributed by atoms with E-state index >= 15 is 0 Å². The van der Waals surface area contributed by atoms with Crippen LogP contribution in [0.1, 0.15) is 38.5 Å². The van der Waals surface area contributed by atoms with Crippen molar-refractivity contribution in [2.75, 3.05) is 18.8 Å². The smallest absolute Gasteiger partial charge is 0.240 e. The number of fused-ring (bicyclic) bond motifs is 1. The summed E-state index contributed by atoms with van der Waals surface area (Å²) >= 11 is 0. The van der Waals surface area contributed by atoms with E-state index in [0.717, 1.165) is 25.7 Å². The lowest BCUT2D eigenvalue weighted by Crippen LogP contribution is -2.44. The van der Waals surface area contributed by atoms with Gasteiger partial charge in [0, 0.05) is 13.1 Å². The molecule has 0 bridgehead atoms. The van der Waals surface area contributed by atoms with Gasteiger partial charge >= 0.3 is 0 Å². The van der Waals surface area contributed by atoms with Crippen LogP contribution in [-0.2, 0) is 14.6 Å². The summed E-state index contributed by atoms with van der Waals surface area (Å²) in [6.45, 7) is 1.31. The zero-order valence-electron chi connectivity index (χ0n) is 11.7. The minimum Gasteiger partial charge on any atom is -0.393 e. The average Bonchev–Trinajstić information content (AvgIpc) is 2.80. The molecule has 1 aliphatic carbocycles. The Bertz CT molecular complexity index is 489. The summed E-state index contributed by atoms with van der Waals surface area (Å²) in [5.74, 6) is 0.777. The fourth-order valence-corrected chi connectivity index (χ4v) is 5.90. The number of aliphatic hydroxyl groups is 1. The molecule has 0 spiro atoms. The van der Waals surface area contributed by atoms with Gasteiger partial charge in [0.05, 0.1) is 11.9 Å². The molecule has 6 heteroatoms. The molecule has 3 fully saturated rings. The van der Waals surface area contributed by atoms with E-state index in [1.54, 1.807) is 4.90 Å². The number of likely N-dealkylation sites (tertiary alicyclic amines) is 1. The van der Waals surface area contributed by atoms with Crippen LogP contribution in [0.2, 0.25) is 0 Å². The van der Waals surface area contributed by atoms with Gasteiger partial charge in [-0.3, -0.25) is 4.79 Å². The Hall–Kier alpha value is -0.620. The van der Waals surface area contributed by atoms with E-state index in [4.69, 9.17) is 0 Å². The molecule has 1 amide bonds. The first-order valence-corrected chi connectivity index (χ1v) is 9.37. The molecule has 3 aliphatic rings. The molecule has 2 saturated heterocycles. The lowest BCUT2D eigenvalue weighted by molar-refractivity contribution is -0.130. The monoisotopic (exact) mass is 301 g/mol. The number of carbonyl (C=O) groups is 1. The molecule has 1 N–H and O–H groups in total. The molecule has 2 aliphatic heterocycles. The van der Waals surface area contributed by atoms with Gasteiger partial charge in [-0.25, -0.2) is 8.42 Å². The Morgan fingerprint density at radius 1 is 1.05 bits per heavy atom. The number of nitrogens with zero attached hydrogens (tertiary/aromatic N) is 1. The highest BCUT2D eigenvalue weighted by Gasteiger charge is 2.43. The van der Waals surface area contributed by atoms with Gasteiger partial charge < -0.3 is 10.0 Å². The van der Waals surface area contributed by atoms with Crippen LogP contribution in [0.25, 0.3) is 0 Å². The highest BCUT2D eigenvalue weighted by atomic mass is 32.2. The summed E-state index contributed by atoms with van der Waals surface area (Å²) in [4.78, 5) is 14.3. The van der Waals surface area contributed by atoms with Crippen molar-refractivity contribution < 1.29 is 18.3 Å². The maximum absolute atomic E-state index is 12.5. The molecule has 0 aromatic rings. The zero-order valence-corrected chi connectivity index (χ0v) is 12.5. The Labute approximate surface area is 120 Å². The van der Waals surface area contributed by atoms with Crippen molar-refractivity contribution in [2.24, 2.45) is 11.8 Å². The fourth-order valence-electron chi connectivity index (χ4n) is 4.02. The second-order valence-corrected chi connectivity index (χ2v) is 8.88. The summed E-state index contributed by atoms with van der Waals surface area (Å²) in [6, 6.07) is 0. The number of carbonyl (C=O) groups excluding carboxylic acids is 1. The highest BCUT2D eigenvalue weighted by Crippen LogP contribution is 2.37. The van der Waals surface area contributed by atoms with Crippen LogP contribution in [0, 0.1) is 11.8 Å². The van der Waals surface area contributed by atoms with E-state index in [9.17, 15) is 18.3 Å². The predicted octanol–water partition coefficient (Wildman–Crippen LogP) is 0.573. The summed E-state index contributed by atoms with van der Waals surface area (Å²) in [5.41, 5.74) is 0. The lowest BCUT2D eigenvalue weighted by Gasteiger charge is -2.27. The largest absolute Gasteiger partial charge is 0.393 e. The molecule has 1 saturated carbocycles. The van der Waals surface area contributed by atoms with E-state index in [1.165, 1.54) is 0 Å². The maximum atomic E-state index is 12.5. The van der Waals surface area contributed by atoms with Gasteiger partial charge in [-0.15, -0.1) is 0 Å². The van der Waals surface area contributed by atoms with Crippen molar-refractivity contribution >= 4 is 15.7 Å². The summed E-state index contributed by atoms with van der Waals surface area (Å²) in [5, 5.41) is 8.91. The van der Waals surface area contributed by atoms with Crippen LogP contribution in [0.15, 0.2) is 0 Å². The van der Waals surface area contributed by atoms with Crippen LogP contribution in [0.5, 0.6) is 0 Å². The highest BCUT2D eigenvalue weighted by molar-refractivity contribution is 7.92. The molecular formula is C14H23NO4S. The molecule has 5 nitrogen and oxygen atoms in total. The van der Waals surface area contributed by atoms with Gasteiger partial charge in [0.2, 0.25) is 5.91 Å². The SMILES string of the molecule is O=C(C1CCCCS1(=O)=O)N1CC2CCC(O)CC2C1. The third-order valence-electron chi connectivity index (χ3n) is 5.19. The topological polar surface area (TPSA) is 74.7 Å². The van der Waals surface area contributed by atoms with E-state index in [2.05, 4.69) is 0 Å². The maximum Gasteiger partial charge on any atom is 0.240 e. The van der Waals surface area contributed by atoms with Crippen molar-refractivity contribution in [3.05, 3.63) is 0 Å². The average molecular weight is 301 g/mol. The number of hydrogen-bond donors (Lipinski definition) is 1. The van der Waals surface area contributed by atoms with E-state index in [1.807, 2.05) is 0 Å². The predicted molar refractivity (Wildman–Crippen MR) is 74.8 cm³/mol. The van der Waals surface area contributed by atoms with Gasteiger partial charge in [0.25, 0.3) is 0 Å². The van der Waals surface area contributed by atoms with Crippen LogP contribution in [0.4, 0.5) is 0 Å². The van der Waals surface area contributed by atoms with Crippen LogP contribution < -0.4 is 0 Å². The Kier molecular flexibility index (Phi) is 3.79. The summed E-state index contributed by atoms with van der Waals surface area (Å²) < 4.78 is 24.1. The normalized spacial score (nSPS) is 40.4. The molecule has 0 aromatic heterocycles. The first-order chi connectivity index (χ1) is 9.47. The molecule has 4 unspecified atom stereocenters. The van der Waals surface area contributed by atoms with Crippen molar-refractivity contribution in [1.82, 2.24) is 4.90 Å². The fraction of sp³-hybridized carbons (Fsp3) is 0.929. The first kappa shape index (κ1) is 14.3. The van der Waals surface area contributed by atoms with Gasteiger partial charge in [-0.05, 0) is 43.9 Å². The van der Waals surface area contributed by atoms with Crippen molar-refractivity contribution in [1.29, 1.82) is 0 Å². The van der Waals surface area contributed by atoms with E-state index in [0.29, 0.717) is 37.8 Å². The summed E-state index contributed by atoms with van der Waals surface area (Å²) in [6.07, 6.45) is 4.27. The van der Waals surface area contributed by atoms with E-state index < -0.39 is 15.1 Å². The second-order valence-electron chi connectivity index (χ2n) is 6.58. The second kappa shape index (κ2) is 5.30. The number of amides is 1. The van der Waals surface area contributed by atoms with E-state index in [-0.39, 0.29) is 17.8 Å². The molecule has 0 radical (unpaired) electrons. The van der Waals surface area contributed by atoms with Crippen molar-refractivity contribution in [3.63, 3.8) is 0 Å². The zero-order chi connectivity index (χ0) is 14.3. The molecule has 2 heterocycles. The third kappa shape index (κ3) is 2.60. The van der Waals surface area contributed by atoms with Gasteiger partial charge in [-0.1, -0.05) is 6.42 Å². The molecule has 4 atom stereocenters. The van der Waals surface area contributed by atoms with Gasteiger partial charge in [0.1, 0.15) is 5.25 Å². The molecule has 20 heavy (non-hydrogen) atoms. The minimum absolute atomic E-state index is 0.156. The lowest BCUT2D eigenvalue weighted by atomic mass is 9.80. The standard InChI is InChI=1S/C14H23NO4S/c16-12-5-4-10-8-15(9-11(10)7-12)14(17)13-3-1-2-6-20(13,18)19/h10-13,16H,1-9H2. The Morgan fingerprint density at radius 3 is 2.55 bits per heavy atom. The Morgan fingerprint density at radius 2 is 1.80 bits per heavy atom. The number of hydrogen-bond acceptors (Lipinski definition) is 4. The molecule has 3 rings (SSSR count). The molecule has 114 valence electrons. The van der Waals surface area contributed by atoms with Gasteiger partial charge in [-0.2, -0.15) is 0 Å². The van der Waals surface area contributed by atoms with Gasteiger partial charge in [0.15, 0.2) is 9.84 Å². The number of rotatable bonds is 1. The number of aliphatic hydroxyl groups excluding tert-OH is 1. The van der Waals surface area contributed by atoms with Crippen LogP contribution in [0.3, 0.4) is 0 Å². The molecule has 0 aromatic carbocycles. The number of sulfone groups is 1. The quantitative estimate of drug-likeness (QED) is 0.768. The van der Waals surface area contributed by atoms with Crippen LogP contribution >= 0.6 is 0 Å². The summed E-state index contributed by atoms with van der Waals surface area (Å²) in [7, 11) is -3.24. The molecular weight excluding hydrogens is 278 g/mol. The Balaban J connectivity index is 1.69.